The van der Waals surface area contributed by atoms with E-state index in [-0.39, 0.29) is 11.5 Å². The minimum absolute atomic E-state index is 0.189. The van der Waals surface area contributed by atoms with E-state index in [1.165, 1.54) is 27.7 Å². The fourth-order valence-corrected chi connectivity index (χ4v) is 4.53. The zero-order valence-corrected chi connectivity index (χ0v) is 17.9. The molecule has 0 aliphatic heterocycles. The molecule has 0 spiro atoms. The highest BCUT2D eigenvalue weighted by atomic mass is 32.2. The Morgan fingerprint density at radius 2 is 2.11 bits per heavy atom. The summed E-state index contributed by atoms with van der Waals surface area (Å²) in [6, 6.07) is 8.42. The maximum Gasteiger partial charge on any atom is 0.263 e. The molecule has 1 atom stereocenters. The summed E-state index contributed by atoms with van der Waals surface area (Å²) in [5, 5.41) is 3.97. The number of aryl methyl sites for hydroxylation is 1. The van der Waals surface area contributed by atoms with Gasteiger partial charge in [-0.1, -0.05) is 30.8 Å². The molecule has 8 heteroatoms. The zero-order chi connectivity index (χ0) is 20.3. The Morgan fingerprint density at radius 3 is 2.79 bits per heavy atom. The summed E-state index contributed by atoms with van der Waals surface area (Å²) in [6.07, 6.45) is 2.70. The van der Waals surface area contributed by atoms with Gasteiger partial charge in [0.2, 0.25) is 5.91 Å². The number of benzene rings is 1. The van der Waals surface area contributed by atoms with E-state index in [2.05, 4.69) is 10.3 Å². The molecule has 1 N–H and O–H groups in total. The van der Waals surface area contributed by atoms with Crippen molar-refractivity contribution in [3.8, 4) is 5.75 Å². The molecule has 0 radical (unpaired) electrons. The minimum Gasteiger partial charge on any atom is -0.492 e. The predicted molar refractivity (Wildman–Crippen MR) is 116 cm³/mol. The van der Waals surface area contributed by atoms with Gasteiger partial charge in [0, 0.05) is 4.88 Å². The minimum atomic E-state index is -0.716. The van der Waals surface area contributed by atoms with E-state index >= 15 is 0 Å². The van der Waals surface area contributed by atoms with Crippen LogP contribution in [0.3, 0.4) is 0 Å². The van der Waals surface area contributed by atoms with Gasteiger partial charge in [0.1, 0.15) is 16.6 Å². The quantitative estimate of drug-likeness (QED) is 0.457. The summed E-state index contributed by atoms with van der Waals surface area (Å²) in [6.45, 7) is 6.14. The third kappa shape index (κ3) is 3.93. The summed E-state index contributed by atoms with van der Waals surface area (Å²) >= 11 is 2.88. The van der Waals surface area contributed by atoms with Gasteiger partial charge in [-0.3, -0.25) is 14.2 Å². The highest BCUT2D eigenvalue weighted by Gasteiger charge is 2.23. The lowest BCUT2D eigenvalue weighted by molar-refractivity contribution is -0.119. The second-order valence-electron chi connectivity index (χ2n) is 6.15. The molecule has 2 aromatic heterocycles. The number of aromatic nitrogens is 2. The number of para-hydroxylation sites is 2. The van der Waals surface area contributed by atoms with Crippen molar-refractivity contribution in [3.63, 3.8) is 0 Å². The van der Waals surface area contributed by atoms with E-state index in [4.69, 9.17) is 4.74 Å². The molecule has 148 valence electrons. The van der Waals surface area contributed by atoms with E-state index in [1.807, 2.05) is 38.3 Å². The maximum absolute atomic E-state index is 13.1. The number of thioether (sulfide) groups is 1. The Morgan fingerprint density at radius 1 is 1.36 bits per heavy atom. The lowest BCUT2D eigenvalue weighted by Crippen LogP contribution is -2.33. The van der Waals surface area contributed by atoms with E-state index in [9.17, 15) is 9.59 Å². The summed E-state index contributed by atoms with van der Waals surface area (Å²) in [5.74, 6) is 0.304. The molecule has 1 amide bonds. The molecule has 0 fully saturated rings. The van der Waals surface area contributed by atoms with Gasteiger partial charge in [0.05, 0.1) is 17.7 Å². The number of hydrogen-bond donors (Lipinski definition) is 1. The van der Waals surface area contributed by atoms with Crippen molar-refractivity contribution in [2.75, 3.05) is 18.2 Å². The molecule has 3 rings (SSSR count). The number of fused-ring (bicyclic) bond motifs is 1. The first-order chi connectivity index (χ1) is 13.5. The van der Waals surface area contributed by atoms with Crippen molar-refractivity contribution in [1.29, 1.82) is 0 Å². The van der Waals surface area contributed by atoms with Gasteiger partial charge in [-0.15, -0.1) is 11.3 Å². The Hall–Kier alpha value is -2.32. The largest absolute Gasteiger partial charge is 0.492 e. The van der Waals surface area contributed by atoms with E-state index in [1.54, 1.807) is 19.1 Å². The van der Waals surface area contributed by atoms with Crippen LogP contribution in [0.5, 0.6) is 5.75 Å². The lowest BCUT2D eigenvalue weighted by Gasteiger charge is -2.19. The number of anilines is 1. The molecular weight excluding hydrogens is 394 g/mol. The topological polar surface area (TPSA) is 73.2 Å². The van der Waals surface area contributed by atoms with Gasteiger partial charge in [0.15, 0.2) is 5.16 Å². The van der Waals surface area contributed by atoms with Crippen LogP contribution in [-0.4, -0.2) is 28.3 Å². The van der Waals surface area contributed by atoms with Crippen LogP contribution in [0, 0.1) is 0 Å². The van der Waals surface area contributed by atoms with Gasteiger partial charge in [-0.25, -0.2) is 4.98 Å². The molecule has 6 nitrogen and oxygen atoms in total. The Bertz CT molecular complexity index is 1060. The molecular formula is C20H23N3O3S2. The number of rotatable bonds is 7. The third-order valence-electron chi connectivity index (χ3n) is 4.36. The first-order valence-corrected chi connectivity index (χ1v) is 11.2. The average Bonchev–Trinajstić information content (AvgIpc) is 3.12. The molecule has 0 aliphatic rings. The highest BCUT2D eigenvalue weighted by Crippen LogP contribution is 2.27. The van der Waals surface area contributed by atoms with Crippen LogP contribution in [-0.2, 0) is 11.2 Å². The summed E-state index contributed by atoms with van der Waals surface area (Å²) < 4.78 is 7.04. The average molecular weight is 418 g/mol. The van der Waals surface area contributed by atoms with Crippen molar-refractivity contribution < 1.29 is 9.53 Å². The number of thiophene rings is 1. The highest BCUT2D eigenvalue weighted by molar-refractivity contribution is 7.98. The molecule has 0 aliphatic carbocycles. The standard InChI is InChI=1S/C20H23N3O3S2/c1-5-13-11-14-18(28-13)22-20(27-4)23(19(14)25)12(3)17(24)21-15-9-7-8-10-16(15)26-6-2/h7-12H,5-6H2,1-4H3,(H,21,24). The van der Waals surface area contributed by atoms with E-state index < -0.39 is 6.04 Å². The van der Waals surface area contributed by atoms with Crippen LogP contribution in [0.25, 0.3) is 10.2 Å². The van der Waals surface area contributed by atoms with Crippen LogP contribution in [0.2, 0.25) is 0 Å². The fourth-order valence-electron chi connectivity index (χ4n) is 2.89. The van der Waals surface area contributed by atoms with Crippen molar-refractivity contribution in [2.45, 2.75) is 38.4 Å². The van der Waals surface area contributed by atoms with E-state index in [0.717, 1.165) is 16.1 Å². The summed E-state index contributed by atoms with van der Waals surface area (Å²) in [7, 11) is 0. The molecule has 28 heavy (non-hydrogen) atoms. The zero-order valence-electron chi connectivity index (χ0n) is 16.3. The molecule has 0 saturated carbocycles. The number of hydrogen-bond acceptors (Lipinski definition) is 6. The number of nitrogens with one attached hydrogen (secondary N) is 1. The van der Waals surface area contributed by atoms with E-state index in [0.29, 0.717) is 28.6 Å². The first-order valence-electron chi connectivity index (χ1n) is 9.11. The second-order valence-corrected chi connectivity index (χ2v) is 8.04. The van der Waals surface area contributed by atoms with Gasteiger partial charge >= 0.3 is 0 Å². The van der Waals surface area contributed by atoms with Gasteiger partial charge in [-0.2, -0.15) is 0 Å². The molecule has 1 aromatic carbocycles. The normalized spacial score (nSPS) is 12.1. The number of amides is 1. The van der Waals surface area contributed by atoms with Crippen molar-refractivity contribution in [2.24, 2.45) is 0 Å². The van der Waals surface area contributed by atoms with Crippen LogP contribution >= 0.6 is 23.1 Å². The number of nitrogens with zero attached hydrogens (tertiary/aromatic N) is 2. The van der Waals surface area contributed by atoms with Crippen molar-refractivity contribution in [3.05, 3.63) is 45.6 Å². The fraction of sp³-hybridized carbons (Fsp3) is 0.350. The monoisotopic (exact) mass is 417 g/mol. The molecule has 2 heterocycles. The molecule has 1 unspecified atom stereocenters. The number of ether oxygens (including phenoxy) is 1. The van der Waals surface area contributed by atoms with Crippen LogP contribution in [0.1, 0.15) is 31.7 Å². The van der Waals surface area contributed by atoms with Crippen LogP contribution in [0.4, 0.5) is 5.69 Å². The Labute approximate surface area is 171 Å². The van der Waals surface area contributed by atoms with Gasteiger partial charge in [0.25, 0.3) is 5.56 Å². The van der Waals surface area contributed by atoms with Crippen LogP contribution < -0.4 is 15.6 Å². The lowest BCUT2D eigenvalue weighted by atomic mass is 10.2. The summed E-state index contributed by atoms with van der Waals surface area (Å²) in [4.78, 5) is 32.5. The second kappa shape index (κ2) is 8.79. The number of carbonyl (C=O) groups is 1. The first kappa shape index (κ1) is 20.4. The SMILES string of the molecule is CCOc1ccccc1NC(=O)C(C)n1c(SC)nc2sc(CC)cc2c1=O. The summed E-state index contributed by atoms with van der Waals surface area (Å²) in [5.41, 5.74) is 0.392. The third-order valence-corrected chi connectivity index (χ3v) is 6.18. The molecule has 3 aromatic rings. The Balaban J connectivity index is 1.98. The van der Waals surface area contributed by atoms with Crippen LogP contribution in [0.15, 0.2) is 40.3 Å². The molecule has 0 saturated heterocycles. The maximum atomic E-state index is 13.1. The number of carbonyl (C=O) groups excluding carboxylic acids is 1. The smallest absolute Gasteiger partial charge is 0.263 e. The predicted octanol–water partition coefficient (Wildman–Crippen LogP) is 4.34. The Kier molecular flexibility index (Phi) is 6.41. The van der Waals surface area contributed by atoms with Gasteiger partial charge < -0.3 is 10.1 Å². The molecule has 0 bridgehead atoms. The van der Waals surface area contributed by atoms with Crippen molar-refractivity contribution in [1.82, 2.24) is 9.55 Å². The van der Waals surface area contributed by atoms with Crippen molar-refractivity contribution >= 4 is 44.9 Å². The van der Waals surface area contributed by atoms with Gasteiger partial charge in [-0.05, 0) is 44.7 Å².